The molecule has 0 fully saturated rings. The normalized spacial score (nSPS) is 18.4. The predicted molar refractivity (Wildman–Crippen MR) is 67.8 cm³/mol. The lowest BCUT2D eigenvalue weighted by Crippen LogP contribution is -1.97. The molecular weight excluding hydrogens is 192 g/mol. The topological polar surface area (TPSA) is 0 Å². The molecule has 0 aromatic heterocycles. The lowest BCUT2D eigenvalue weighted by Gasteiger charge is -2.08. The highest BCUT2D eigenvalue weighted by molar-refractivity contribution is 5.42. The third-order valence-corrected chi connectivity index (χ3v) is 3.70. The highest BCUT2D eigenvalue weighted by Crippen LogP contribution is 2.35. The summed E-state index contributed by atoms with van der Waals surface area (Å²) in [6.07, 6.45) is 2.42. The van der Waals surface area contributed by atoms with Crippen molar-refractivity contribution in [1.82, 2.24) is 0 Å². The van der Waals surface area contributed by atoms with Gasteiger partial charge in [0.15, 0.2) is 0 Å². The molecule has 0 saturated carbocycles. The average Bonchev–Trinajstić information content (AvgIpc) is 2.76. The molecule has 0 radical (unpaired) electrons. The summed E-state index contributed by atoms with van der Waals surface area (Å²) >= 11 is 0. The predicted octanol–water partition coefficient (Wildman–Crippen LogP) is 3.88. The SMILES string of the molecule is Cc1cccc2c1CC(c1ccccc1)C2. The van der Waals surface area contributed by atoms with E-state index in [0.717, 1.165) is 0 Å². The summed E-state index contributed by atoms with van der Waals surface area (Å²) in [7, 11) is 0. The van der Waals surface area contributed by atoms with Crippen LogP contribution in [0.3, 0.4) is 0 Å². The van der Waals surface area contributed by atoms with Crippen molar-refractivity contribution in [2.24, 2.45) is 0 Å². The van der Waals surface area contributed by atoms with E-state index in [1.54, 1.807) is 11.1 Å². The van der Waals surface area contributed by atoms with Crippen molar-refractivity contribution in [2.75, 3.05) is 0 Å². The van der Waals surface area contributed by atoms with Crippen molar-refractivity contribution in [2.45, 2.75) is 25.7 Å². The zero-order valence-corrected chi connectivity index (χ0v) is 9.61. The molecule has 0 N–H and O–H groups in total. The van der Waals surface area contributed by atoms with E-state index in [1.807, 2.05) is 0 Å². The number of fused-ring (bicyclic) bond motifs is 1. The monoisotopic (exact) mass is 208 g/mol. The first-order valence-corrected chi connectivity index (χ1v) is 5.97. The second-order valence-corrected chi connectivity index (χ2v) is 4.73. The lowest BCUT2D eigenvalue weighted by atomic mass is 9.96. The maximum atomic E-state index is 2.28. The molecule has 0 spiro atoms. The van der Waals surface area contributed by atoms with Gasteiger partial charge >= 0.3 is 0 Å². The van der Waals surface area contributed by atoms with Gasteiger partial charge in [0.1, 0.15) is 0 Å². The van der Waals surface area contributed by atoms with Crippen LogP contribution >= 0.6 is 0 Å². The fraction of sp³-hybridized carbons (Fsp3) is 0.250. The van der Waals surface area contributed by atoms with Gasteiger partial charge in [0, 0.05) is 0 Å². The first kappa shape index (κ1) is 9.65. The van der Waals surface area contributed by atoms with Gasteiger partial charge in [-0.25, -0.2) is 0 Å². The minimum atomic E-state index is 0.692. The molecule has 0 nitrogen and oxygen atoms in total. The average molecular weight is 208 g/mol. The molecule has 0 aliphatic heterocycles. The Morgan fingerprint density at radius 3 is 2.44 bits per heavy atom. The van der Waals surface area contributed by atoms with Crippen molar-refractivity contribution in [3.8, 4) is 0 Å². The third kappa shape index (κ3) is 1.55. The molecule has 1 unspecified atom stereocenters. The number of hydrogen-bond donors (Lipinski definition) is 0. The number of hydrogen-bond acceptors (Lipinski definition) is 0. The van der Waals surface area contributed by atoms with Crippen molar-refractivity contribution in [1.29, 1.82) is 0 Å². The summed E-state index contributed by atoms with van der Waals surface area (Å²) in [5, 5.41) is 0. The fourth-order valence-electron chi connectivity index (χ4n) is 2.79. The minimum Gasteiger partial charge on any atom is -0.0622 e. The van der Waals surface area contributed by atoms with Crippen LogP contribution in [0.25, 0.3) is 0 Å². The summed E-state index contributed by atoms with van der Waals surface area (Å²) in [5.74, 6) is 0.692. The van der Waals surface area contributed by atoms with Crippen LogP contribution in [0, 0.1) is 6.92 Å². The van der Waals surface area contributed by atoms with Gasteiger partial charge in [-0.2, -0.15) is 0 Å². The third-order valence-electron chi connectivity index (χ3n) is 3.70. The molecule has 1 aliphatic rings. The maximum absolute atomic E-state index is 2.28. The fourth-order valence-corrected chi connectivity index (χ4v) is 2.79. The lowest BCUT2D eigenvalue weighted by molar-refractivity contribution is 0.741. The van der Waals surface area contributed by atoms with Gasteiger partial charge in [0.05, 0.1) is 0 Å². The summed E-state index contributed by atoms with van der Waals surface area (Å²) < 4.78 is 0. The second kappa shape index (κ2) is 3.79. The van der Waals surface area contributed by atoms with Crippen molar-refractivity contribution < 1.29 is 0 Å². The molecule has 80 valence electrons. The van der Waals surface area contributed by atoms with Crippen LogP contribution in [0.4, 0.5) is 0 Å². The van der Waals surface area contributed by atoms with E-state index in [2.05, 4.69) is 55.5 Å². The molecule has 16 heavy (non-hydrogen) atoms. The Hall–Kier alpha value is -1.56. The van der Waals surface area contributed by atoms with Crippen molar-refractivity contribution in [3.63, 3.8) is 0 Å². The largest absolute Gasteiger partial charge is 0.0622 e. The van der Waals surface area contributed by atoms with Gasteiger partial charge in [0.25, 0.3) is 0 Å². The van der Waals surface area contributed by atoms with E-state index in [1.165, 1.54) is 24.0 Å². The molecule has 2 aromatic rings. The van der Waals surface area contributed by atoms with E-state index in [-0.39, 0.29) is 0 Å². The number of benzene rings is 2. The van der Waals surface area contributed by atoms with Crippen molar-refractivity contribution in [3.05, 3.63) is 70.8 Å². The summed E-state index contributed by atoms with van der Waals surface area (Å²) in [5.41, 5.74) is 6.07. The Morgan fingerprint density at radius 2 is 1.69 bits per heavy atom. The molecule has 0 heterocycles. The summed E-state index contributed by atoms with van der Waals surface area (Å²) in [4.78, 5) is 0. The van der Waals surface area contributed by atoms with Gasteiger partial charge in [-0.15, -0.1) is 0 Å². The molecule has 0 amide bonds. The molecule has 0 heteroatoms. The Morgan fingerprint density at radius 1 is 0.875 bits per heavy atom. The van der Waals surface area contributed by atoms with Crippen LogP contribution in [-0.2, 0) is 12.8 Å². The maximum Gasteiger partial charge on any atom is -0.00807 e. The van der Waals surface area contributed by atoms with Gasteiger partial charge in [0.2, 0.25) is 0 Å². The summed E-state index contributed by atoms with van der Waals surface area (Å²) in [6.45, 7) is 2.23. The number of rotatable bonds is 1. The highest BCUT2D eigenvalue weighted by atomic mass is 14.3. The van der Waals surface area contributed by atoms with Crippen LogP contribution in [0.5, 0.6) is 0 Å². The highest BCUT2D eigenvalue weighted by Gasteiger charge is 2.23. The summed E-state index contributed by atoms with van der Waals surface area (Å²) in [6, 6.07) is 17.6. The molecule has 3 rings (SSSR count). The van der Waals surface area contributed by atoms with Crippen LogP contribution in [0.15, 0.2) is 48.5 Å². The van der Waals surface area contributed by atoms with Crippen LogP contribution in [0.1, 0.15) is 28.2 Å². The van der Waals surface area contributed by atoms with E-state index >= 15 is 0 Å². The molecule has 0 bridgehead atoms. The Kier molecular flexibility index (Phi) is 2.28. The van der Waals surface area contributed by atoms with Crippen molar-refractivity contribution >= 4 is 0 Å². The van der Waals surface area contributed by atoms with Crippen LogP contribution < -0.4 is 0 Å². The molecule has 1 atom stereocenters. The molecule has 1 aliphatic carbocycles. The first-order valence-electron chi connectivity index (χ1n) is 5.97. The van der Waals surface area contributed by atoms with Gasteiger partial charge in [-0.1, -0.05) is 48.5 Å². The van der Waals surface area contributed by atoms with E-state index in [9.17, 15) is 0 Å². The number of aryl methyl sites for hydroxylation is 1. The van der Waals surface area contributed by atoms with Crippen LogP contribution in [0.2, 0.25) is 0 Å². The van der Waals surface area contributed by atoms with E-state index in [4.69, 9.17) is 0 Å². The van der Waals surface area contributed by atoms with Gasteiger partial charge < -0.3 is 0 Å². The standard InChI is InChI=1S/C16H16/c1-12-6-5-9-14-10-15(11-16(12)14)13-7-3-2-4-8-13/h2-9,15H,10-11H2,1H3. The smallest absolute Gasteiger partial charge is 0.00807 e. The van der Waals surface area contributed by atoms with E-state index < -0.39 is 0 Å². The first-order chi connectivity index (χ1) is 7.84. The van der Waals surface area contributed by atoms with Gasteiger partial charge in [-0.3, -0.25) is 0 Å². The second-order valence-electron chi connectivity index (χ2n) is 4.73. The molecule has 0 saturated heterocycles. The Bertz CT molecular complexity index is 497. The van der Waals surface area contributed by atoms with Crippen LogP contribution in [-0.4, -0.2) is 0 Å². The quantitative estimate of drug-likeness (QED) is 0.667. The van der Waals surface area contributed by atoms with Gasteiger partial charge in [-0.05, 0) is 47.9 Å². The van der Waals surface area contributed by atoms with E-state index in [0.29, 0.717) is 5.92 Å². The molecular formula is C16H16. The zero-order chi connectivity index (χ0) is 11.0. The minimum absolute atomic E-state index is 0.692. The zero-order valence-electron chi connectivity index (χ0n) is 9.61. The Balaban J connectivity index is 1.94. The molecule has 2 aromatic carbocycles. The Labute approximate surface area is 96.9 Å².